The van der Waals surface area contributed by atoms with E-state index in [2.05, 4.69) is 78.0 Å². The molecule has 2 N–H and O–H groups in total. The number of aromatic nitrogens is 8. The molecule has 11 aromatic rings. The Morgan fingerprint density at radius 1 is 0.485 bits per heavy atom. The Bertz CT molecular complexity index is 6020. The van der Waals surface area contributed by atoms with Crippen LogP contribution in [0.2, 0.25) is 0 Å². The first-order chi connectivity index (χ1) is 60.5. The Labute approximate surface area is 882 Å². The van der Waals surface area contributed by atoms with Gasteiger partial charge in [0, 0.05) is 119 Å². The van der Waals surface area contributed by atoms with Crippen LogP contribution in [0.5, 0.6) is 11.5 Å². The SMILES string of the molecule is C.C.Fc1ccc(N2CCC(C#Cc3ccc(C(F)(F)C4(c5ccc(F)cc5F)CO4)nc3)CC2)cc1.O=CO[O-].O=S(=O)(Oc1ccc(C(F)(F)C2(c3ccc(F)cc3F)CO2)nc1)C(F)(F)F.OC(Cn1cnnn1)(c1ccc(F)cc1F)C(F)(F)c1ccc(C#CC2CCN(c3ccc(F)cc3)CC2)cn1.Oc1ccc(C(F)(F)C2(c3ccc(F)cc3F)CO2)nc1.[B-].[H-].[K+].[K+].[K+]. The molecule has 10 heterocycles. The predicted molar refractivity (Wildman–Crippen MR) is 424 cm³/mol. The number of hydrogen-bond acceptors (Lipinski definition) is 20. The molecule has 4 atom stereocenters. The fourth-order valence-corrected chi connectivity index (χ4v) is 14.0. The summed E-state index contributed by atoms with van der Waals surface area (Å²) in [7, 11) is -6.01. The number of ether oxygens (including phenoxy) is 3. The summed E-state index contributed by atoms with van der Waals surface area (Å²) in [6, 6.07) is 29.3. The number of anilines is 2. The summed E-state index contributed by atoms with van der Waals surface area (Å²) in [4.78, 5) is 30.0. The largest absolute Gasteiger partial charge is 1.00 e. The Hall–Kier alpha value is -7.97. The van der Waals surface area contributed by atoms with Gasteiger partial charge in [-0.3, -0.25) is 24.7 Å². The molecular weight excluding hydrogens is 1920 g/mol. The third-order valence-corrected chi connectivity index (χ3v) is 21.6. The number of nitrogens with zero attached hydrogens (tertiary/aromatic N) is 10. The maximum Gasteiger partial charge on any atom is 1.00 e. The van der Waals surface area contributed by atoms with Crippen molar-refractivity contribution in [3.63, 3.8) is 0 Å². The molecule has 5 aliphatic rings. The second-order valence-electron chi connectivity index (χ2n) is 28.8. The fraction of sp³-hybridized carbons (Fsp3) is 0.287. The van der Waals surface area contributed by atoms with Crippen molar-refractivity contribution >= 4 is 36.4 Å². The van der Waals surface area contributed by atoms with Gasteiger partial charge in [-0.2, -0.15) is 56.7 Å². The van der Waals surface area contributed by atoms with Crippen LogP contribution in [0.3, 0.4) is 0 Å². The average molecular weight is 1990 g/mol. The van der Waals surface area contributed by atoms with Crippen LogP contribution in [-0.4, -0.2) is 125 Å². The van der Waals surface area contributed by atoms with Crippen molar-refractivity contribution in [2.45, 2.75) is 98.7 Å². The fourth-order valence-electron chi connectivity index (χ4n) is 13.6. The van der Waals surface area contributed by atoms with E-state index in [1.54, 1.807) is 24.3 Å². The number of alkyl halides is 11. The number of epoxide rings is 3. The Balaban J connectivity index is 0.000000315. The smallest absolute Gasteiger partial charge is 1.00 e. The number of halogens is 21. The minimum absolute atomic E-state index is 0. The van der Waals surface area contributed by atoms with E-state index in [9.17, 15) is 88.2 Å². The molecule has 4 unspecified atom stereocenters. The second kappa shape index (κ2) is 47.6. The molecule has 134 heavy (non-hydrogen) atoms. The van der Waals surface area contributed by atoms with Crippen molar-refractivity contribution in [3.05, 3.63) is 315 Å². The monoisotopic (exact) mass is 1990 g/mol. The number of rotatable bonds is 19. The molecular formula is C87H71BF21K3N10O11S. The number of aliphatic hydroxyl groups is 1. The van der Waals surface area contributed by atoms with Crippen molar-refractivity contribution in [1.29, 1.82) is 0 Å². The van der Waals surface area contributed by atoms with Gasteiger partial charge in [0.15, 0.2) is 28.2 Å². The minimum Gasteiger partial charge on any atom is -1.00 e. The van der Waals surface area contributed by atoms with Gasteiger partial charge in [0.25, 0.3) is 6.47 Å². The summed E-state index contributed by atoms with van der Waals surface area (Å²) >= 11 is 0. The molecule has 47 heteroatoms. The summed E-state index contributed by atoms with van der Waals surface area (Å²) in [5.74, 6) is -13.2. The van der Waals surface area contributed by atoms with Gasteiger partial charge < -0.3 is 58.4 Å². The number of hydrogen-bond donors (Lipinski definition) is 2. The first kappa shape index (κ1) is 115. The zero-order valence-electron chi connectivity index (χ0n) is 69.7. The van der Waals surface area contributed by atoms with Crippen LogP contribution in [0, 0.1) is 93.7 Å². The molecule has 0 aliphatic carbocycles. The Morgan fingerprint density at radius 3 is 1.13 bits per heavy atom. The van der Waals surface area contributed by atoms with E-state index in [0.717, 1.165) is 159 Å². The summed E-state index contributed by atoms with van der Waals surface area (Å²) in [6.07, 6.45) is 7.82. The number of tetrazole rings is 1. The number of piperidine rings is 2. The molecule has 4 radical (unpaired) electrons. The predicted octanol–water partition coefficient (Wildman–Crippen LogP) is 7.36. The zero-order valence-corrected chi connectivity index (χ0v) is 78.9. The number of pyridine rings is 4. The van der Waals surface area contributed by atoms with E-state index >= 15 is 17.6 Å². The average Bonchev–Trinajstić information content (AvgIpc) is 1.55. The third kappa shape index (κ3) is 26.1. The van der Waals surface area contributed by atoms with E-state index in [1.165, 1.54) is 42.6 Å². The minimum atomic E-state index is -6.01. The van der Waals surface area contributed by atoms with E-state index < -0.39 is 185 Å². The molecule has 5 aliphatic heterocycles. The normalized spacial score (nSPS) is 17.7. The molecule has 21 nitrogen and oxygen atoms in total. The number of carbonyl (C=O) groups excluding carboxylic acids is 1. The molecule has 0 amide bonds. The molecule has 16 rings (SSSR count). The molecule has 0 saturated carbocycles. The van der Waals surface area contributed by atoms with Crippen LogP contribution in [-0.2, 0) is 86.6 Å². The topological polar surface area (TPSA) is 272 Å². The van der Waals surface area contributed by atoms with Crippen molar-refractivity contribution in [3.8, 4) is 35.2 Å². The van der Waals surface area contributed by atoms with Crippen LogP contribution in [0.1, 0.15) is 98.1 Å². The first-order valence-corrected chi connectivity index (χ1v) is 38.9. The molecule has 694 valence electrons. The van der Waals surface area contributed by atoms with E-state index in [1.807, 2.05) is 0 Å². The maximum atomic E-state index is 15.9. The van der Waals surface area contributed by atoms with Crippen LogP contribution in [0.4, 0.5) is 104 Å². The van der Waals surface area contributed by atoms with Crippen molar-refractivity contribution in [1.82, 2.24) is 40.1 Å². The molecule has 5 aromatic heterocycles. The molecule has 6 aromatic carbocycles. The van der Waals surface area contributed by atoms with Gasteiger partial charge in [-0.25, -0.2) is 48.6 Å². The molecule has 5 fully saturated rings. The third-order valence-electron chi connectivity index (χ3n) is 20.6. The Morgan fingerprint density at radius 2 is 0.828 bits per heavy atom. The summed E-state index contributed by atoms with van der Waals surface area (Å²) in [6.45, 7) is 0.503. The zero-order chi connectivity index (χ0) is 92.6. The maximum absolute atomic E-state index is 15.9. The van der Waals surface area contributed by atoms with Crippen LogP contribution in [0.25, 0.3) is 0 Å². The summed E-state index contributed by atoms with van der Waals surface area (Å²) < 4.78 is 334. The van der Waals surface area contributed by atoms with Crippen molar-refractivity contribution in [2.75, 3.05) is 55.8 Å². The summed E-state index contributed by atoms with van der Waals surface area (Å²) in [5, 5.41) is 39.0. The van der Waals surface area contributed by atoms with E-state index in [0.29, 0.717) is 53.7 Å². The van der Waals surface area contributed by atoms with Crippen LogP contribution in [0.15, 0.2) is 201 Å². The first-order valence-electron chi connectivity index (χ1n) is 37.5. The molecule has 0 spiro atoms. The van der Waals surface area contributed by atoms with E-state index in [-0.39, 0.29) is 215 Å². The Kier molecular flexibility index (Phi) is 40.8. The van der Waals surface area contributed by atoms with Gasteiger partial charge in [-0.05, 0) is 182 Å². The van der Waals surface area contributed by atoms with Crippen LogP contribution < -0.4 is 173 Å². The number of benzene rings is 6. The van der Waals surface area contributed by atoms with E-state index in [4.69, 9.17) is 29.4 Å². The van der Waals surface area contributed by atoms with Crippen LogP contribution >= 0.6 is 0 Å². The quantitative estimate of drug-likeness (QED) is 0.00921. The molecule has 5 saturated heterocycles. The van der Waals surface area contributed by atoms with Gasteiger partial charge in [-0.15, -0.1) is 5.10 Å². The summed E-state index contributed by atoms with van der Waals surface area (Å²) in [5.41, 5.74) is -18.5. The van der Waals surface area contributed by atoms with Crippen molar-refractivity contribution < 1.29 is 300 Å². The van der Waals surface area contributed by atoms with Gasteiger partial charge in [0.1, 0.15) is 93.0 Å². The van der Waals surface area contributed by atoms with Crippen molar-refractivity contribution in [2.24, 2.45) is 11.8 Å². The standard InChI is InChI=1S/C28H23F5N6O.C27H21F5N2O.C15H8F7NO4S.C14H9F4NO2.CH2O3.2CH4.B.3K.H/c29-21-4-7-23(8-5-21)38-13-11-19(12-14-38)1-2-20-3-10-26(34-16-20)28(32,33)27(40,17-39-18-35-36-37-39)24-9-6-22(30)15-25(24)31;28-20-4-7-22(8-5-20)34-13-11-18(12-14-34)1-2-19-3-10-25(33-16-19)27(31,32)26(17-35-26)23-9-6-21(29)15-24(23)30;16-8-1-3-10(11(17)5-8)13(7-26-13)14(18,19)12-4-2-9(6-23-12)27-28(24,25)15(20,21)22;15-8-1-3-10(11(16)5-8)13(7-21-13)14(17,18)12-4-2-9(20)6-19-12;2-1-4-3;;;;;;;/h3-10,15-16,18-19,40H,11-14,17H2;3-10,15-16,18H,11-14,17H2;1-6H,7H2;1-6,20H,7H2;1,3H;2*1H4;;;;;/q;;;;;;;-1;3*+1;-1/p-1. The number of aromatic hydroxyl groups is 1. The number of carbonyl (C=O) groups is 1. The van der Waals surface area contributed by atoms with Gasteiger partial charge >= 0.3 is 193 Å². The van der Waals surface area contributed by atoms with Gasteiger partial charge in [-0.1, -0.05) is 38.5 Å². The van der Waals surface area contributed by atoms with Gasteiger partial charge in [0.05, 0.1) is 38.8 Å². The second-order valence-corrected chi connectivity index (χ2v) is 30.4. The van der Waals surface area contributed by atoms with Gasteiger partial charge in [0.2, 0.25) is 0 Å². The molecule has 0 bridgehead atoms.